The number of hydrogen-bond acceptors (Lipinski definition) is 4. The Labute approximate surface area is 96.0 Å². The standard InChI is InChI=1S/C6H12O2.C5H8N2O/c1-5(7)8-6(2,3)4;6-5(8)4-2-1-3-7-4/h1-4H3;1,3-4,7H,2H2,(H2,6,8)/t;4-/m.0/s1. The zero-order valence-electron chi connectivity index (χ0n) is 10.2. The minimum Gasteiger partial charge on any atom is -0.460 e. The quantitative estimate of drug-likeness (QED) is 0.647. The normalized spacial score (nSPS) is 18.1. The van der Waals surface area contributed by atoms with Gasteiger partial charge in [0.05, 0.1) is 0 Å². The number of amides is 1. The molecule has 16 heavy (non-hydrogen) atoms. The molecule has 1 aliphatic heterocycles. The number of nitrogens with one attached hydrogen (secondary N) is 1. The second-order valence-electron chi connectivity index (χ2n) is 4.47. The lowest BCUT2D eigenvalue weighted by molar-refractivity contribution is -0.151. The number of esters is 1. The summed E-state index contributed by atoms with van der Waals surface area (Å²) < 4.78 is 4.80. The molecule has 1 atom stereocenters. The van der Waals surface area contributed by atoms with Gasteiger partial charge in [-0.1, -0.05) is 6.08 Å². The van der Waals surface area contributed by atoms with Crippen molar-refractivity contribution in [3.63, 3.8) is 0 Å². The number of primary amides is 1. The average molecular weight is 228 g/mol. The maximum atomic E-state index is 10.3. The lowest BCUT2D eigenvalue weighted by atomic mass is 10.2. The largest absolute Gasteiger partial charge is 0.460 e. The van der Waals surface area contributed by atoms with Gasteiger partial charge in [0.25, 0.3) is 0 Å². The van der Waals surface area contributed by atoms with Crippen molar-refractivity contribution in [3.05, 3.63) is 12.3 Å². The molecule has 1 amide bonds. The fraction of sp³-hybridized carbons (Fsp3) is 0.636. The summed E-state index contributed by atoms with van der Waals surface area (Å²) in [7, 11) is 0. The zero-order chi connectivity index (χ0) is 12.8. The van der Waals surface area contributed by atoms with Crippen molar-refractivity contribution in [1.29, 1.82) is 0 Å². The van der Waals surface area contributed by atoms with E-state index in [9.17, 15) is 9.59 Å². The van der Waals surface area contributed by atoms with Crippen molar-refractivity contribution in [2.75, 3.05) is 0 Å². The number of hydrogen-bond donors (Lipinski definition) is 2. The summed E-state index contributed by atoms with van der Waals surface area (Å²) in [5.41, 5.74) is 4.63. The first-order chi connectivity index (χ1) is 7.22. The number of nitrogens with two attached hydrogens (primary N) is 1. The predicted molar refractivity (Wildman–Crippen MR) is 61.4 cm³/mol. The van der Waals surface area contributed by atoms with E-state index in [0.29, 0.717) is 0 Å². The van der Waals surface area contributed by atoms with Crippen LogP contribution in [0.25, 0.3) is 0 Å². The molecular weight excluding hydrogens is 208 g/mol. The molecule has 0 bridgehead atoms. The lowest BCUT2D eigenvalue weighted by Crippen LogP contribution is -2.35. The SMILES string of the molecule is CC(=O)OC(C)(C)C.NC(=O)[C@@H]1CC=CN1. The molecule has 0 fully saturated rings. The Morgan fingerprint density at radius 1 is 1.44 bits per heavy atom. The van der Waals surface area contributed by atoms with Gasteiger partial charge in [-0.3, -0.25) is 9.59 Å². The molecule has 5 heteroatoms. The van der Waals surface area contributed by atoms with Crippen LogP contribution in [0.5, 0.6) is 0 Å². The Hall–Kier alpha value is -1.52. The van der Waals surface area contributed by atoms with Crippen LogP contribution in [-0.2, 0) is 14.3 Å². The van der Waals surface area contributed by atoms with Crippen LogP contribution in [0.15, 0.2) is 12.3 Å². The first-order valence-corrected chi connectivity index (χ1v) is 5.12. The number of carbonyl (C=O) groups is 2. The Kier molecular flexibility index (Phi) is 5.56. The van der Waals surface area contributed by atoms with Gasteiger partial charge in [-0.25, -0.2) is 0 Å². The van der Waals surface area contributed by atoms with Gasteiger partial charge in [0.15, 0.2) is 0 Å². The third-order valence-electron chi connectivity index (χ3n) is 1.58. The van der Waals surface area contributed by atoms with Gasteiger partial charge in [0.1, 0.15) is 11.6 Å². The third-order valence-corrected chi connectivity index (χ3v) is 1.58. The summed E-state index contributed by atoms with van der Waals surface area (Å²) in [5, 5.41) is 2.80. The van der Waals surface area contributed by atoms with Crippen LogP contribution in [0.4, 0.5) is 0 Å². The Morgan fingerprint density at radius 3 is 2.12 bits per heavy atom. The predicted octanol–water partition coefficient (Wildman–Crippen LogP) is 0.695. The van der Waals surface area contributed by atoms with E-state index in [1.54, 1.807) is 6.20 Å². The highest BCUT2D eigenvalue weighted by Gasteiger charge is 2.13. The molecule has 0 radical (unpaired) electrons. The molecule has 1 rings (SSSR count). The summed E-state index contributed by atoms with van der Waals surface area (Å²) in [6, 6.07) is -0.157. The van der Waals surface area contributed by atoms with Crippen LogP contribution in [0.2, 0.25) is 0 Å². The van der Waals surface area contributed by atoms with E-state index < -0.39 is 0 Å². The Bertz CT molecular complexity index is 271. The molecule has 0 aromatic carbocycles. The molecule has 1 aliphatic rings. The van der Waals surface area contributed by atoms with Crippen LogP contribution in [-0.4, -0.2) is 23.5 Å². The summed E-state index contributed by atoms with van der Waals surface area (Å²) in [6.45, 7) is 6.93. The molecule has 5 nitrogen and oxygen atoms in total. The highest BCUT2D eigenvalue weighted by molar-refractivity contribution is 5.80. The number of ether oxygens (including phenoxy) is 1. The van der Waals surface area contributed by atoms with Crippen molar-refractivity contribution in [3.8, 4) is 0 Å². The van der Waals surface area contributed by atoms with Crippen molar-refractivity contribution in [1.82, 2.24) is 5.32 Å². The van der Waals surface area contributed by atoms with E-state index in [-0.39, 0.29) is 23.5 Å². The van der Waals surface area contributed by atoms with Gasteiger partial charge < -0.3 is 15.8 Å². The van der Waals surface area contributed by atoms with Crippen LogP contribution >= 0.6 is 0 Å². The van der Waals surface area contributed by atoms with Crippen molar-refractivity contribution < 1.29 is 14.3 Å². The second-order valence-corrected chi connectivity index (χ2v) is 4.47. The van der Waals surface area contributed by atoms with Crippen LogP contribution < -0.4 is 11.1 Å². The number of carbonyl (C=O) groups excluding carboxylic acids is 2. The van der Waals surface area contributed by atoms with Gasteiger partial charge in [-0.15, -0.1) is 0 Å². The van der Waals surface area contributed by atoms with E-state index in [2.05, 4.69) is 5.32 Å². The summed E-state index contributed by atoms with van der Waals surface area (Å²) >= 11 is 0. The summed E-state index contributed by atoms with van der Waals surface area (Å²) in [6.07, 6.45) is 4.36. The summed E-state index contributed by atoms with van der Waals surface area (Å²) in [5.74, 6) is -0.507. The van der Waals surface area contributed by atoms with E-state index in [1.165, 1.54) is 6.92 Å². The molecule has 0 aromatic heterocycles. The molecule has 0 aromatic rings. The van der Waals surface area contributed by atoms with Gasteiger partial charge >= 0.3 is 5.97 Å². The first-order valence-electron chi connectivity index (χ1n) is 5.12. The van der Waals surface area contributed by atoms with Gasteiger partial charge in [0, 0.05) is 6.92 Å². The minimum absolute atomic E-state index is 0.157. The molecular formula is C11H20N2O3. The number of rotatable bonds is 1. The fourth-order valence-corrected chi connectivity index (χ4v) is 1.09. The highest BCUT2D eigenvalue weighted by atomic mass is 16.6. The molecule has 0 aliphatic carbocycles. The molecule has 0 saturated carbocycles. The fourth-order valence-electron chi connectivity index (χ4n) is 1.09. The molecule has 0 saturated heterocycles. The molecule has 1 heterocycles. The average Bonchev–Trinajstić information content (AvgIpc) is 2.50. The van der Waals surface area contributed by atoms with Crippen molar-refractivity contribution >= 4 is 11.9 Å². The molecule has 3 N–H and O–H groups in total. The maximum absolute atomic E-state index is 10.3. The van der Waals surface area contributed by atoms with Gasteiger partial charge in [-0.2, -0.15) is 0 Å². The second kappa shape index (κ2) is 6.15. The Balaban J connectivity index is 0.000000281. The van der Waals surface area contributed by atoms with Crippen LogP contribution in [0.3, 0.4) is 0 Å². The lowest BCUT2D eigenvalue weighted by Gasteiger charge is -2.17. The monoisotopic (exact) mass is 228 g/mol. The van der Waals surface area contributed by atoms with E-state index in [4.69, 9.17) is 10.5 Å². The molecule has 0 unspecified atom stereocenters. The first kappa shape index (κ1) is 14.5. The summed E-state index contributed by atoms with van der Waals surface area (Å²) in [4.78, 5) is 20.6. The van der Waals surface area contributed by atoms with E-state index in [0.717, 1.165) is 6.42 Å². The minimum atomic E-state index is -0.328. The maximum Gasteiger partial charge on any atom is 0.303 e. The smallest absolute Gasteiger partial charge is 0.303 e. The molecule has 92 valence electrons. The van der Waals surface area contributed by atoms with Crippen molar-refractivity contribution in [2.45, 2.75) is 45.8 Å². The van der Waals surface area contributed by atoms with E-state index in [1.807, 2.05) is 26.8 Å². The third kappa shape index (κ3) is 7.84. The Morgan fingerprint density at radius 2 is 2.00 bits per heavy atom. The topological polar surface area (TPSA) is 81.4 Å². The zero-order valence-corrected chi connectivity index (χ0v) is 10.2. The van der Waals surface area contributed by atoms with E-state index >= 15 is 0 Å². The van der Waals surface area contributed by atoms with Crippen LogP contribution in [0, 0.1) is 0 Å². The molecule has 0 spiro atoms. The van der Waals surface area contributed by atoms with Gasteiger partial charge in [-0.05, 0) is 33.4 Å². The highest BCUT2D eigenvalue weighted by Crippen LogP contribution is 2.05. The van der Waals surface area contributed by atoms with Gasteiger partial charge in [0.2, 0.25) is 5.91 Å². The van der Waals surface area contributed by atoms with Crippen LogP contribution in [0.1, 0.15) is 34.1 Å². The van der Waals surface area contributed by atoms with Crippen molar-refractivity contribution in [2.24, 2.45) is 5.73 Å².